The van der Waals surface area contributed by atoms with E-state index in [1.807, 2.05) is 61.1 Å². The molecule has 1 atom stereocenters. The van der Waals surface area contributed by atoms with Crippen molar-refractivity contribution < 1.29 is 23.4 Å². The van der Waals surface area contributed by atoms with Crippen LogP contribution in [-0.4, -0.2) is 77.3 Å². The molecule has 1 unspecified atom stereocenters. The highest BCUT2D eigenvalue weighted by Gasteiger charge is 2.30. The van der Waals surface area contributed by atoms with Crippen LogP contribution in [0.5, 0.6) is 5.88 Å². The predicted molar refractivity (Wildman–Crippen MR) is 125 cm³/mol. The summed E-state index contributed by atoms with van der Waals surface area (Å²) in [5.41, 5.74) is 1.62. The van der Waals surface area contributed by atoms with E-state index >= 15 is 0 Å². The number of rotatable bonds is 6. The molecular formula is C24H32FN5O4. The van der Waals surface area contributed by atoms with Gasteiger partial charge in [0.05, 0.1) is 30.5 Å². The molecule has 1 aromatic heterocycles. The van der Waals surface area contributed by atoms with Gasteiger partial charge in [0.2, 0.25) is 12.2 Å². The minimum Gasteiger partial charge on any atom is -0.474 e. The first-order chi connectivity index (χ1) is 16.4. The summed E-state index contributed by atoms with van der Waals surface area (Å²) in [7, 11) is 0. The lowest BCUT2D eigenvalue weighted by Gasteiger charge is -2.39. The van der Waals surface area contributed by atoms with Crippen LogP contribution in [0.3, 0.4) is 0 Å². The minimum absolute atomic E-state index is 0.0756. The van der Waals surface area contributed by atoms with E-state index in [2.05, 4.69) is 9.97 Å². The normalized spacial score (nSPS) is 19.8. The molecule has 0 bridgehead atoms. The Morgan fingerprint density at radius 1 is 1.18 bits per heavy atom. The van der Waals surface area contributed by atoms with Crippen LogP contribution < -0.4 is 9.75 Å². The van der Waals surface area contributed by atoms with Crippen LogP contribution >= 0.6 is 0 Å². The number of anilines is 2. The van der Waals surface area contributed by atoms with Crippen molar-refractivity contribution in [2.45, 2.75) is 52.2 Å². The summed E-state index contributed by atoms with van der Waals surface area (Å²) in [4.78, 5) is 22.8. The van der Waals surface area contributed by atoms with Crippen LogP contribution in [0.1, 0.15) is 32.3 Å². The predicted octanol–water partition coefficient (Wildman–Crippen LogP) is 3.85. The molecule has 0 saturated carbocycles. The van der Waals surface area contributed by atoms with Crippen LogP contribution in [0.4, 0.5) is 20.7 Å². The number of likely N-dealkylation sites (tertiary alicyclic amines) is 1. The van der Waals surface area contributed by atoms with E-state index in [-0.39, 0.29) is 31.5 Å². The third kappa shape index (κ3) is 5.74. The molecular weight excluding hydrogens is 441 g/mol. The number of hydrazine groups is 1. The Morgan fingerprint density at radius 3 is 2.59 bits per heavy atom. The molecule has 184 valence electrons. The number of aromatic nitrogens is 2. The lowest BCUT2D eigenvalue weighted by Crippen LogP contribution is -2.49. The average Bonchev–Trinajstić information content (AvgIpc) is 2.82. The summed E-state index contributed by atoms with van der Waals surface area (Å²) in [6.45, 7) is 7.63. The van der Waals surface area contributed by atoms with Crippen LogP contribution in [-0.2, 0) is 9.47 Å². The van der Waals surface area contributed by atoms with Gasteiger partial charge in [-0.2, -0.15) is 0 Å². The van der Waals surface area contributed by atoms with Crippen LogP contribution in [0, 0.1) is 6.92 Å². The molecule has 2 saturated heterocycles. The van der Waals surface area contributed by atoms with Crippen LogP contribution in [0.15, 0.2) is 36.7 Å². The van der Waals surface area contributed by atoms with E-state index in [4.69, 9.17) is 14.2 Å². The fourth-order valence-electron chi connectivity index (χ4n) is 4.11. The number of carbonyl (C=O) groups is 1. The number of amides is 1. The summed E-state index contributed by atoms with van der Waals surface area (Å²) in [5.74, 6) is 1.11. The maximum atomic E-state index is 14.1. The highest BCUT2D eigenvalue weighted by atomic mass is 19.1. The standard InChI is InChI=1S/C24H32FN5O4/c1-17(2)33-24(31)28-11-9-20(10-12-28)34-23-18(3)22(26-16-27-23)30(19-7-5-4-6-8-19)29-13-14-32-21(25)15-29/h4-8,16-17,20-21H,9-15H2,1-3H3. The monoisotopic (exact) mass is 473 g/mol. The number of alkyl halides is 1. The summed E-state index contributed by atoms with van der Waals surface area (Å²) in [6, 6.07) is 9.71. The maximum Gasteiger partial charge on any atom is 0.410 e. The molecule has 2 aliphatic heterocycles. The first-order valence-corrected chi connectivity index (χ1v) is 11.7. The zero-order valence-corrected chi connectivity index (χ0v) is 19.9. The lowest BCUT2D eigenvalue weighted by molar-refractivity contribution is -0.0982. The van der Waals surface area contributed by atoms with Crippen LogP contribution in [0.2, 0.25) is 0 Å². The molecule has 2 aliphatic rings. The van der Waals surface area contributed by atoms with Crippen molar-refractivity contribution in [1.82, 2.24) is 19.9 Å². The first-order valence-electron chi connectivity index (χ1n) is 11.7. The van der Waals surface area contributed by atoms with Gasteiger partial charge >= 0.3 is 6.09 Å². The van der Waals surface area contributed by atoms with Crippen molar-refractivity contribution >= 4 is 17.6 Å². The number of ether oxygens (including phenoxy) is 3. The Hall–Kier alpha value is -2.98. The van der Waals surface area contributed by atoms with Crippen molar-refractivity contribution in [1.29, 1.82) is 0 Å². The van der Waals surface area contributed by atoms with E-state index in [0.717, 1.165) is 11.3 Å². The number of morpholine rings is 1. The van der Waals surface area contributed by atoms with Gasteiger partial charge in [0.25, 0.3) is 0 Å². The number of benzene rings is 1. The third-order valence-corrected chi connectivity index (χ3v) is 5.81. The van der Waals surface area contributed by atoms with Crippen molar-refractivity contribution in [3.8, 4) is 5.88 Å². The molecule has 0 aliphatic carbocycles. The molecule has 0 spiro atoms. The van der Waals surface area contributed by atoms with Crippen molar-refractivity contribution in [2.24, 2.45) is 0 Å². The highest BCUT2D eigenvalue weighted by molar-refractivity contribution is 5.68. The van der Waals surface area contributed by atoms with E-state index in [9.17, 15) is 9.18 Å². The average molecular weight is 474 g/mol. The Labute approximate surface area is 199 Å². The number of para-hydroxylation sites is 1. The number of hydrogen-bond acceptors (Lipinski definition) is 8. The van der Waals surface area contributed by atoms with Gasteiger partial charge in [-0.05, 0) is 32.9 Å². The minimum atomic E-state index is -1.37. The number of carbonyl (C=O) groups excluding carboxylic acids is 1. The van der Waals surface area contributed by atoms with Gasteiger partial charge in [-0.1, -0.05) is 18.2 Å². The molecule has 2 aromatic rings. The van der Waals surface area contributed by atoms with Crippen LogP contribution in [0.25, 0.3) is 0 Å². The van der Waals surface area contributed by atoms with Gasteiger partial charge < -0.3 is 19.1 Å². The molecule has 1 amide bonds. The number of nitrogens with zero attached hydrogens (tertiary/aromatic N) is 5. The summed E-state index contributed by atoms with van der Waals surface area (Å²) in [5, 5.41) is 3.80. The van der Waals surface area contributed by atoms with Crippen molar-refractivity contribution in [3.05, 3.63) is 42.2 Å². The molecule has 0 N–H and O–H groups in total. The van der Waals surface area contributed by atoms with Gasteiger partial charge in [-0.25, -0.2) is 24.2 Å². The fourth-order valence-corrected chi connectivity index (χ4v) is 4.11. The largest absolute Gasteiger partial charge is 0.474 e. The van der Waals surface area contributed by atoms with Gasteiger partial charge in [0.15, 0.2) is 5.82 Å². The molecule has 3 heterocycles. The molecule has 9 nitrogen and oxygen atoms in total. The zero-order valence-electron chi connectivity index (χ0n) is 19.9. The van der Waals surface area contributed by atoms with Gasteiger partial charge in [0, 0.05) is 32.5 Å². The van der Waals surface area contributed by atoms with E-state index < -0.39 is 6.36 Å². The molecule has 2 fully saturated rings. The van der Waals surface area contributed by atoms with Crippen molar-refractivity contribution in [3.63, 3.8) is 0 Å². The van der Waals surface area contributed by atoms with E-state index in [1.54, 1.807) is 4.90 Å². The Bertz CT molecular complexity index is 956. The first kappa shape index (κ1) is 24.2. The molecule has 1 aromatic carbocycles. The smallest absolute Gasteiger partial charge is 0.410 e. The number of halogens is 1. The van der Waals surface area contributed by atoms with E-state index in [1.165, 1.54) is 6.33 Å². The Kier molecular flexibility index (Phi) is 7.79. The Morgan fingerprint density at radius 2 is 1.91 bits per heavy atom. The fraction of sp³-hybridized carbons (Fsp3) is 0.542. The lowest BCUT2D eigenvalue weighted by atomic mass is 10.1. The van der Waals surface area contributed by atoms with Gasteiger partial charge in [-0.3, -0.25) is 5.01 Å². The highest BCUT2D eigenvalue weighted by Crippen LogP contribution is 2.33. The molecule has 34 heavy (non-hydrogen) atoms. The number of hydrogen-bond donors (Lipinski definition) is 0. The number of piperidine rings is 1. The zero-order chi connectivity index (χ0) is 24.1. The Balaban J connectivity index is 1.51. The molecule has 10 heteroatoms. The second-order valence-electron chi connectivity index (χ2n) is 8.71. The third-order valence-electron chi connectivity index (χ3n) is 5.81. The second-order valence-corrected chi connectivity index (χ2v) is 8.71. The van der Waals surface area contributed by atoms with E-state index in [0.29, 0.717) is 44.2 Å². The molecule has 4 rings (SSSR count). The topological polar surface area (TPSA) is 80.3 Å². The van der Waals surface area contributed by atoms with Crippen molar-refractivity contribution in [2.75, 3.05) is 37.8 Å². The quantitative estimate of drug-likeness (QED) is 0.626. The summed E-state index contributed by atoms with van der Waals surface area (Å²) >= 11 is 0. The summed E-state index contributed by atoms with van der Waals surface area (Å²) < 4.78 is 30.7. The van der Waals surface area contributed by atoms with Gasteiger partial charge in [-0.15, -0.1) is 0 Å². The molecule has 0 radical (unpaired) electrons. The summed E-state index contributed by atoms with van der Waals surface area (Å²) in [6.07, 6.45) is 0.955. The maximum absolute atomic E-state index is 14.1. The second kappa shape index (κ2) is 11.0. The SMILES string of the molecule is Cc1c(OC2CCN(C(=O)OC(C)C)CC2)ncnc1N(c1ccccc1)N1CCOC(F)C1. The van der Waals surface area contributed by atoms with Gasteiger partial charge in [0.1, 0.15) is 12.4 Å².